The number of alkyl halides is 6. The van der Waals surface area contributed by atoms with Crippen molar-refractivity contribution in [3.05, 3.63) is 125 Å². The Labute approximate surface area is 231 Å². The van der Waals surface area contributed by atoms with Crippen molar-refractivity contribution >= 4 is 12.3 Å². The third-order valence-corrected chi connectivity index (χ3v) is 5.35. The van der Waals surface area contributed by atoms with Gasteiger partial charge in [0.05, 0.1) is 16.7 Å². The highest BCUT2D eigenvalue weighted by atomic mass is 19.4. The van der Waals surface area contributed by atoms with Gasteiger partial charge >= 0.3 is 18.3 Å². The summed E-state index contributed by atoms with van der Waals surface area (Å²) in [6.07, 6.45) is -9.02. The summed E-state index contributed by atoms with van der Waals surface area (Å²) in [5, 5.41) is 17.6. The van der Waals surface area contributed by atoms with Crippen LogP contribution in [0.3, 0.4) is 0 Å². The van der Waals surface area contributed by atoms with Gasteiger partial charge in [0, 0.05) is 5.56 Å². The molecule has 0 amide bonds. The summed E-state index contributed by atoms with van der Waals surface area (Å²) in [6.45, 7) is 0.658. The van der Waals surface area contributed by atoms with Gasteiger partial charge in [0.1, 0.15) is 12.0 Å². The number of aromatic hydroxyl groups is 1. The molecular formula is C30H25F6NO4. The maximum Gasteiger partial charge on any atom is 0.416 e. The van der Waals surface area contributed by atoms with Gasteiger partial charge in [0.2, 0.25) is 0 Å². The minimum Gasteiger partial charge on any atom is -0.508 e. The fourth-order valence-electron chi connectivity index (χ4n) is 3.31. The van der Waals surface area contributed by atoms with Crippen LogP contribution in [-0.2, 0) is 18.8 Å². The lowest BCUT2D eigenvalue weighted by Crippen LogP contribution is -2.11. The molecule has 4 aromatic rings. The summed E-state index contributed by atoms with van der Waals surface area (Å²) in [4.78, 5) is 20.9. The lowest BCUT2D eigenvalue weighted by molar-refractivity contribution is -0.143. The number of phenols is 1. The highest BCUT2D eigenvalue weighted by molar-refractivity contribution is 5.88. The molecule has 0 bridgehead atoms. The molecule has 5 nitrogen and oxygen atoms in total. The molecule has 0 atom stereocenters. The van der Waals surface area contributed by atoms with E-state index in [0.717, 1.165) is 17.5 Å². The minimum absolute atomic E-state index is 0.0347. The van der Waals surface area contributed by atoms with Crippen LogP contribution in [0.5, 0.6) is 5.75 Å². The number of nitrogens with two attached hydrogens (primary N) is 1. The molecular weight excluding hydrogens is 552 g/mol. The van der Waals surface area contributed by atoms with E-state index in [1.165, 1.54) is 5.56 Å². The molecule has 0 fully saturated rings. The predicted molar refractivity (Wildman–Crippen MR) is 142 cm³/mol. The van der Waals surface area contributed by atoms with E-state index in [-0.39, 0.29) is 12.4 Å². The Morgan fingerprint density at radius 1 is 0.732 bits per heavy atom. The molecule has 4 rings (SSSR count). The van der Waals surface area contributed by atoms with E-state index in [2.05, 4.69) is 0 Å². The van der Waals surface area contributed by atoms with Crippen molar-refractivity contribution < 1.29 is 46.1 Å². The molecule has 41 heavy (non-hydrogen) atoms. The standard InChI is InChI=1S/C13H10O2.C9H4F6O.C8H11NO/c14-13(15)12-8-6-11(7-9-12)10-4-2-1-3-5-10;10-8(11,12)6-1-5(4-16)2-7(3-6)9(13,14)15;9-6-5-7-1-3-8(10)4-2-7/h1-9H,(H,14,15);1-4H;1-4,10H,5-6,9H2. The van der Waals surface area contributed by atoms with E-state index in [4.69, 9.17) is 15.9 Å². The molecule has 4 aromatic carbocycles. The quantitative estimate of drug-likeness (QED) is 0.169. The lowest BCUT2D eigenvalue weighted by Gasteiger charge is -2.12. The first kappa shape index (κ1) is 32.6. The molecule has 4 N–H and O–H groups in total. The summed E-state index contributed by atoms with van der Waals surface area (Å²) < 4.78 is 73.1. The second-order valence-electron chi connectivity index (χ2n) is 8.41. The molecule has 0 radical (unpaired) electrons. The van der Waals surface area contributed by atoms with Crippen molar-refractivity contribution in [1.82, 2.24) is 0 Å². The normalized spacial score (nSPS) is 10.9. The zero-order chi connectivity index (χ0) is 30.6. The van der Waals surface area contributed by atoms with Crippen LogP contribution in [-0.4, -0.2) is 29.0 Å². The van der Waals surface area contributed by atoms with Crippen molar-refractivity contribution in [3.63, 3.8) is 0 Å². The van der Waals surface area contributed by atoms with Crippen LogP contribution in [0.4, 0.5) is 26.3 Å². The van der Waals surface area contributed by atoms with E-state index in [9.17, 15) is 35.9 Å². The van der Waals surface area contributed by atoms with Gasteiger partial charge in [-0.2, -0.15) is 26.3 Å². The van der Waals surface area contributed by atoms with Crippen LogP contribution in [0.2, 0.25) is 0 Å². The molecule has 0 aliphatic heterocycles. The number of rotatable bonds is 5. The zero-order valence-electron chi connectivity index (χ0n) is 21.3. The maximum atomic E-state index is 12.2. The van der Waals surface area contributed by atoms with E-state index >= 15 is 0 Å². The summed E-state index contributed by atoms with van der Waals surface area (Å²) in [5.74, 6) is -0.588. The molecule has 0 heterocycles. The molecule has 0 spiro atoms. The first-order chi connectivity index (χ1) is 19.2. The molecule has 0 saturated heterocycles. The van der Waals surface area contributed by atoms with E-state index in [1.807, 2.05) is 54.6 Å². The molecule has 0 aliphatic rings. The average Bonchev–Trinajstić information content (AvgIpc) is 2.94. The third-order valence-electron chi connectivity index (χ3n) is 5.35. The van der Waals surface area contributed by atoms with Crippen molar-refractivity contribution in [1.29, 1.82) is 0 Å². The van der Waals surface area contributed by atoms with Crippen molar-refractivity contribution in [2.45, 2.75) is 18.8 Å². The summed E-state index contributed by atoms with van der Waals surface area (Å²) in [5.41, 5.74) is 5.28. The predicted octanol–water partition coefficient (Wildman–Crippen LogP) is 7.48. The molecule has 11 heteroatoms. The number of carboxylic acid groups (broad SMARTS) is 1. The monoisotopic (exact) mass is 577 g/mol. The number of carboxylic acids is 1. The molecule has 0 unspecified atom stereocenters. The number of hydrogen-bond donors (Lipinski definition) is 3. The SMILES string of the molecule is NCCc1ccc(O)cc1.O=C(O)c1ccc(-c2ccccc2)cc1.O=Cc1cc(C(F)(F)F)cc(C(F)(F)F)c1. The second-order valence-corrected chi connectivity index (χ2v) is 8.41. The fraction of sp³-hybridized carbons (Fsp3) is 0.133. The van der Waals surface area contributed by atoms with Gasteiger partial charge in [-0.1, -0.05) is 54.6 Å². The Hall–Kier alpha value is -4.64. The number of phenolic OH excluding ortho intramolecular Hbond substituents is 1. The van der Waals surface area contributed by atoms with Gasteiger partial charge in [0.15, 0.2) is 0 Å². The zero-order valence-corrected chi connectivity index (χ0v) is 21.3. The first-order valence-corrected chi connectivity index (χ1v) is 11.9. The average molecular weight is 578 g/mol. The van der Waals surface area contributed by atoms with Gasteiger partial charge in [-0.15, -0.1) is 0 Å². The Morgan fingerprint density at radius 3 is 1.63 bits per heavy atom. The van der Waals surface area contributed by atoms with Gasteiger partial charge in [-0.05, 0) is 72.1 Å². The second kappa shape index (κ2) is 14.7. The Balaban J connectivity index is 0.000000221. The van der Waals surface area contributed by atoms with Crippen molar-refractivity contribution in [2.75, 3.05) is 6.54 Å². The molecule has 216 valence electrons. The topological polar surface area (TPSA) is 101 Å². The largest absolute Gasteiger partial charge is 0.508 e. The van der Waals surface area contributed by atoms with Crippen LogP contribution in [0.25, 0.3) is 11.1 Å². The van der Waals surface area contributed by atoms with Crippen LogP contribution in [0.15, 0.2) is 97.1 Å². The lowest BCUT2D eigenvalue weighted by atomic mass is 10.0. The third kappa shape index (κ3) is 10.8. The number of benzene rings is 4. The Bertz CT molecular complexity index is 1370. The molecule has 0 saturated carbocycles. The number of aldehydes is 1. The summed E-state index contributed by atoms with van der Waals surface area (Å²) >= 11 is 0. The highest BCUT2D eigenvalue weighted by Crippen LogP contribution is 2.36. The van der Waals surface area contributed by atoms with Crippen LogP contribution >= 0.6 is 0 Å². The number of hydrogen-bond acceptors (Lipinski definition) is 4. The van der Waals surface area contributed by atoms with Gasteiger partial charge < -0.3 is 15.9 Å². The van der Waals surface area contributed by atoms with Crippen LogP contribution in [0.1, 0.15) is 37.4 Å². The summed E-state index contributed by atoms with van der Waals surface area (Å²) in [6, 6.07) is 24.5. The Morgan fingerprint density at radius 2 is 1.22 bits per heavy atom. The first-order valence-electron chi connectivity index (χ1n) is 11.9. The van der Waals surface area contributed by atoms with Crippen molar-refractivity contribution in [2.24, 2.45) is 5.73 Å². The van der Waals surface area contributed by atoms with Crippen LogP contribution in [0, 0.1) is 0 Å². The van der Waals surface area contributed by atoms with Gasteiger partial charge in [0.25, 0.3) is 0 Å². The number of carbonyl (C=O) groups is 2. The van der Waals surface area contributed by atoms with E-state index in [1.54, 1.807) is 24.3 Å². The maximum absolute atomic E-state index is 12.2. The van der Waals surface area contributed by atoms with E-state index < -0.39 is 35.0 Å². The molecule has 0 aromatic heterocycles. The fourth-order valence-corrected chi connectivity index (χ4v) is 3.31. The number of halogens is 6. The number of aromatic carboxylic acids is 1. The van der Waals surface area contributed by atoms with Crippen molar-refractivity contribution in [3.8, 4) is 16.9 Å². The number of carbonyl (C=O) groups excluding carboxylic acids is 1. The summed E-state index contributed by atoms with van der Waals surface area (Å²) in [7, 11) is 0. The smallest absolute Gasteiger partial charge is 0.416 e. The van der Waals surface area contributed by atoms with Gasteiger partial charge in [-0.3, -0.25) is 4.79 Å². The van der Waals surface area contributed by atoms with E-state index in [0.29, 0.717) is 30.0 Å². The van der Waals surface area contributed by atoms with Crippen LogP contribution < -0.4 is 5.73 Å². The Kier molecular flexibility index (Phi) is 11.6. The molecule has 0 aliphatic carbocycles. The van der Waals surface area contributed by atoms with Gasteiger partial charge in [-0.25, -0.2) is 4.79 Å². The minimum atomic E-state index is -4.92. The highest BCUT2D eigenvalue weighted by Gasteiger charge is 2.36.